The molecule has 0 spiro atoms. The Bertz CT molecular complexity index is 505. The van der Waals surface area contributed by atoms with Crippen molar-refractivity contribution in [3.63, 3.8) is 0 Å². The summed E-state index contributed by atoms with van der Waals surface area (Å²) in [5.41, 5.74) is -0.465. The van der Waals surface area contributed by atoms with Gasteiger partial charge >= 0.3 is 6.09 Å². The third kappa shape index (κ3) is 4.51. The molecule has 0 aromatic carbocycles. The zero-order valence-electron chi connectivity index (χ0n) is 13.7. The molecule has 2 heterocycles. The molecular formula is C16H24N2O4. The number of ether oxygens (including phenoxy) is 3. The zero-order valence-corrected chi connectivity index (χ0v) is 13.7. The standard InChI is InChI=1S/C16H24N2O4/c1-16(2,3)22-15(19)18-10-7-12(8-11-18)21-13-6-5-9-17-14(13)20-4/h5-6,9,12H,7-8,10-11H2,1-4H3. The molecule has 0 radical (unpaired) electrons. The average molecular weight is 308 g/mol. The fourth-order valence-electron chi connectivity index (χ4n) is 2.28. The third-order valence-electron chi connectivity index (χ3n) is 3.32. The minimum Gasteiger partial charge on any atom is -0.485 e. The second kappa shape index (κ2) is 6.85. The number of carbonyl (C=O) groups excluding carboxylic acids is 1. The second-order valence-corrected chi connectivity index (χ2v) is 6.30. The number of aromatic nitrogens is 1. The summed E-state index contributed by atoms with van der Waals surface area (Å²) < 4.78 is 16.5. The summed E-state index contributed by atoms with van der Waals surface area (Å²) in [5, 5.41) is 0. The minimum atomic E-state index is -0.465. The topological polar surface area (TPSA) is 60.9 Å². The number of methoxy groups -OCH3 is 1. The lowest BCUT2D eigenvalue weighted by Gasteiger charge is -2.33. The lowest BCUT2D eigenvalue weighted by molar-refractivity contribution is 0.0124. The maximum absolute atomic E-state index is 12.0. The first kappa shape index (κ1) is 16.4. The van der Waals surface area contributed by atoms with Gasteiger partial charge in [0.25, 0.3) is 5.88 Å². The molecular weight excluding hydrogens is 284 g/mol. The van der Waals surface area contributed by atoms with E-state index in [9.17, 15) is 4.79 Å². The Morgan fingerprint density at radius 3 is 2.59 bits per heavy atom. The van der Waals surface area contributed by atoms with E-state index in [1.807, 2.05) is 32.9 Å². The van der Waals surface area contributed by atoms with Gasteiger partial charge in [-0.15, -0.1) is 0 Å². The summed E-state index contributed by atoms with van der Waals surface area (Å²) in [6, 6.07) is 3.65. The predicted octanol–water partition coefficient (Wildman–Crippen LogP) is 2.87. The second-order valence-electron chi connectivity index (χ2n) is 6.30. The number of amides is 1. The minimum absolute atomic E-state index is 0.0526. The molecule has 6 heteroatoms. The van der Waals surface area contributed by atoms with Crippen LogP contribution in [0.4, 0.5) is 4.79 Å². The highest BCUT2D eigenvalue weighted by atomic mass is 16.6. The smallest absolute Gasteiger partial charge is 0.410 e. The van der Waals surface area contributed by atoms with Crippen molar-refractivity contribution in [3.05, 3.63) is 18.3 Å². The number of piperidine rings is 1. The number of hydrogen-bond acceptors (Lipinski definition) is 5. The van der Waals surface area contributed by atoms with Gasteiger partial charge in [-0.3, -0.25) is 0 Å². The number of nitrogens with zero attached hydrogens (tertiary/aromatic N) is 2. The lowest BCUT2D eigenvalue weighted by atomic mass is 10.1. The van der Waals surface area contributed by atoms with Gasteiger partial charge in [-0.1, -0.05) is 0 Å². The van der Waals surface area contributed by atoms with Crippen LogP contribution in [0.15, 0.2) is 18.3 Å². The molecule has 0 bridgehead atoms. The number of hydrogen-bond donors (Lipinski definition) is 0. The van der Waals surface area contributed by atoms with Crippen molar-refractivity contribution in [1.82, 2.24) is 9.88 Å². The quantitative estimate of drug-likeness (QED) is 0.859. The largest absolute Gasteiger partial charge is 0.485 e. The molecule has 1 aliphatic heterocycles. The molecule has 2 rings (SSSR count). The van der Waals surface area contributed by atoms with E-state index < -0.39 is 5.60 Å². The number of pyridine rings is 1. The molecule has 0 atom stereocenters. The normalized spacial score (nSPS) is 16.3. The van der Waals surface area contributed by atoms with Crippen molar-refractivity contribution < 1.29 is 19.0 Å². The SMILES string of the molecule is COc1ncccc1OC1CCN(C(=O)OC(C)(C)C)CC1. The Kier molecular flexibility index (Phi) is 5.11. The maximum Gasteiger partial charge on any atom is 0.410 e. The number of carbonyl (C=O) groups is 1. The fraction of sp³-hybridized carbons (Fsp3) is 0.625. The van der Waals surface area contributed by atoms with E-state index in [0.29, 0.717) is 24.7 Å². The molecule has 0 N–H and O–H groups in total. The van der Waals surface area contributed by atoms with Crippen molar-refractivity contribution in [3.8, 4) is 11.6 Å². The third-order valence-corrected chi connectivity index (χ3v) is 3.32. The highest BCUT2D eigenvalue weighted by molar-refractivity contribution is 5.68. The molecule has 122 valence electrons. The van der Waals surface area contributed by atoms with E-state index >= 15 is 0 Å². The number of rotatable bonds is 3. The maximum atomic E-state index is 12.0. The first-order chi connectivity index (χ1) is 10.4. The van der Waals surface area contributed by atoms with E-state index in [2.05, 4.69) is 4.98 Å². The zero-order chi connectivity index (χ0) is 16.2. The van der Waals surface area contributed by atoms with Crippen LogP contribution in [0.5, 0.6) is 11.6 Å². The van der Waals surface area contributed by atoms with Crippen LogP contribution in [0.1, 0.15) is 33.6 Å². The Balaban J connectivity index is 1.86. The van der Waals surface area contributed by atoms with Crippen LogP contribution >= 0.6 is 0 Å². The monoisotopic (exact) mass is 308 g/mol. The Labute approximate surface area is 131 Å². The van der Waals surface area contributed by atoms with Gasteiger partial charge in [-0.05, 0) is 32.9 Å². The van der Waals surface area contributed by atoms with E-state index in [0.717, 1.165) is 12.8 Å². The van der Waals surface area contributed by atoms with Crippen molar-refractivity contribution in [1.29, 1.82) is 0 Å². The molecule has 6 nitrogen and oxygen atoms in total. The van der Waals surface area contributed by atoms with Crippen molar-refractivity contribution in [2.75, 3.05) is 20.2 Å². The highest BCUT2D eigenvalue weighted by Gasteiger charge is 2.28. The van der Waals surface area contributed by atoms with Crippen LogP contribution in [0, 0.1) is 0 Å². The summed E-state index contributed by atoms with van der Waals surface area (Å²) in [6.45, 7) is 6.87. The first-order valence-corrected chi connectivity index (χ1v) is 7.52. The molecule has 1 aromatic rings. The van der Waals surface area contributed by atoms with Crippen LogP contribution in [0.25, 0.3) is 0 Å². The summed E-state index contributed by atoms with van der Waals surface area (Å²) in [7, 11) is 1.57. The van der Waals surface area contributed by atoms with Crippen LogP contribution in [-0.4, -0.2) is 47.9 Å². The summed E-state index contributed by atoms with van der Waals surface area (Å²) >= 11 is 0. The first-order valence-electron chi connectivity index (χ1n) is 7.52. The van der Waals surface area contributed by atoms with Gasteiger partial charge in [0.15, 0.2) is 5.75 Å². The van der Waals surface area contributed by atoms with E-state index in [1.54, 1.807) is 18.2 Å². The van der Waals surface area contributed by atoms with Crippen molar-refractivity contribution in [2.24, 2.45) is 0 Å². The molecule has 1 aliphatic rings. The van der Waals surface area contributed by atoms with Crippen LogP contribution < -0.4 is 9.47 Å². The van der Waals surface area contributed by atoms with Gasteiger partial charge in [0, 0.05) is 32.1 Å². The average Bonchev–Trinajstić information content (AvgIpc) is 2.47. The van der Waals surface area contributed by atoms with Gasteiger partial charge in [-0.25, -0.2) is 9.78 Å². The van der Waals surface area contributed by atoms with Crippen molar-refractivity contribution in [2.45, 2.75) is 45.3 Å². The fourth-order valence-corrected chi connectivity index (χ4v) is 2.28. The van der Waals surface area contributed by atoms with Crippen LogP contribution in [0.3, 0.4) is 0 Å². The Morgan fingerprint density at radius 1 is 1.32 bits per heavy atom. The Hall–Kier alpha value is -1.98. The van der Waals surface area contributed by atoms with Gasteiger partial charge in [0.1, 0.15) is 11.7 Å². The van der Waals surface area contributed by atoms with Gasteiger partial charge in [-0.2, -0.15) is 0 Å². The van der Waals surface area contributed by atoms with Crippen LogP contribution in [0.2, 0.25) is 0 Å². The molecule has 1 amide bonds. The molecule has 22 heavy (non-hydrogen) atoms. The van der Waals surface area contributed by atoms with Gasteiger partial charge in [0.05, 0.1) is 7.11 Å². The Morgan fingerprint density at radius 2 is 2.00 bits per heavy atom. The van der Waals surface area contributed by atoms with E-state index in [4.69, 9.17) is 14.2 Å². The number of likely N-dealkylation sites (tertiary alicyclic amines) is 1. The molecule has 0 unspecified atom stereocenters. The summed E-state index contributed by atoms with van der Waals surface area (Å²) in [6.07, 6.45) is 2.98. The summed E-state index contributed by atoms with van der Waals surface area (Å²) in [5.74, 6) is 1.12. The van der Waals surface area contributed by atoms with Gasteiger partial charge < -0.3 is 19.1 Å². The van der Waals surface area contributed by atoms with E-state index in [-0.39, 0.29) is 12.2 Å². The van der Waals surface area contributed by atoms with E-state index in [1.165, 1.54) is 0 Å². The highest BCUT2D eigenvalue weighted by Crippen LogP contribution is 2.27. The van der Waals surface area contributed by atoms with Gasteiger partial charge in [0.2, 0.25) is 0 Å². The molecule has 1 saturated heterocycles. The molecule has 0 saturated carbocycles. The lowest BCUT2D eigenvalue weighted by Crippen LogP contribution is -2.44. The summed E-state index contributed by atoms with van der Waals surface area (Å²) in [4.78, 5) is 17.9. The molecule has 0 aliphatic carbocycles. The molecule has 1 aromatic heterocycles. The molecule has 1 fully saturated rings. The van der Waals surface area contributed by atoms with Crippen molar-refractivity contribution >= 4 is 6.09 Å². The van der Waals surface area contributed by atoms with Crippen LogP contribution in [-0.2, 0) is 4.74 Å². The predicted molar refractivity (Wildman–Crippen MR) is 82.2 cm³/mol.